The molecular weight excluding hydrogens is 458 g/mol. The molecule has 3 saturated carbocycles. The summed E-state index contributed by atoms with van der Waals surface area (Å²) in [5.41, 5.74) is 4.80. The minimum absolute atomic E-state index is 0.00619. The lowest BCUT2D eigenvalue weighted by Crippen LogP contribution is -2.69. The van der Waals surface area contributed by atoms with Crippen molar-refractivity contribution in [3.8, 4) is 5.75 Å². The van der Waals surface area contributed by atoms with E-state index in [1.54, 1.807) is 0 Å². The summed E-state index contributed by atoms with van der Waals surface area (Å²) in [4.78, 5) is 14.7. The van der Waals surface area contributed by atoms with Gasteiger partial charge in [0.2, 0.25) is 5.95 Å². The van der Waals surface area contributed by atoms with E-state index in [1.165, 1.54) is 11.1 Å². The van der Waals surface area contributed by atoms with Gasteiger partial charge in [0, 0.05) is 54.3 Å². The van der Waals surface area contributed by atoms with Crippen LogP contribution in [0.5, 0.6) is 5.75 Å². The van der Waals surface area contributed by atoms with Gasteiger partial charge in [-0.25, -0.2) is 18.7 Å². The van der Waals surface area contributed by atoms with Crippen molar-refractivity contribution < 1.29 is 13.9 Å². The van der Waals surface area contributed by atoms with Crippen LogP contribution in [0.2, 0.25) is 0 Å². The third-order valence-corrected chi connectivity index (χ3v) is 11.2. The summed E-state index contributed by atoms with van der Waals surface area (Å²) < 4.78 is 28.0. The Labute approximate surface area is 210 Å². The van der Waals surface area contributed by atoms with Crippen LogP contribution < -0.4 is 4.90 Å². The Hall–Kier alpha value is -2.28. The predicted octanol–water partition coefficient (Wildman–Crippen LogP) is 4.63. The molecule has 3 heterocycles. The average Bonchev–Trinajstić information content (AvgIpc) is 3.15. The van der Waals surface area contributed by atoms with Gasteiger partial charge in [0.1, 0.15) is 5.75 Å². The molecule has 6 unspecified atom stereocenters. The highest BCUT2D eigenvalue weighted by Crippen LogP contribution is 2.75. The van der Waals surface area contributed by atoms with Crippen LogP contribution in [0.25, 0.3) is 0 Å². The van der Waals surface area contributed by atoms with Gasteiger partial charge in [-0.3, -0.25) is 4.90 Å². The van der Waals surface area contributed by atoms with E-state index >= 15 is 0 Å². The van der Waals surface area contributed by atoms with Crippen LogP contribution in [-0.4, -0.2) is 57.6 Å². The van der Waals surface area contributed by atoms with Crippen LogP contribution in [0.3, 0.4) is 0 Å². The molecule has 36 heavy (non-hydrogen) atoms. The standard InChI is InChI=1S/C29H34F2N4O/c1-16-9-17(2)33-26(32-16)35-14-19-12-27-6-5-23(35)25(19)28(27)7-8-34(15-20-13-29(20,30)31)24(27)10-18-3-4-21(36)11-22(18)28/h3-4,9,11,19-20,23-25,36H,5-8,10,12-15H2,1-2H3/t19-,20?,23?,24?,25?,27?,28?/m1/s1. The molecule has 1 N–H and O–H groups in total. The summed E-state index contributed by atoms with van der Waals surface area (Å²) in [5.74, 6) is -0.696. The minimum Gasteiger partial charge on any atom is -0.508 e. The SMILES string of the molecule is Cc1cc(C)nc(N2C[C@H]3CC45CCC2C3C42CCN(CC3CC3(F)F)C5Cc3ccc(O)cc32)n1. The number of phenolic OH excluding ortho intramolecular Hbond substituents is 1. The van der Waals surface area contributed by atoms with E-state index in [1.807, 2.05) is 26.0 Å². The highest BCUT2D eigenvalue weighted by molar-refractivity contribution is 5.53. The first kappa shape index (κ1) is 21.8. The number of likely N-dealkylation sites (tertiary alicyclic amines) is 1. The predicted molar refractivity (Wildman–Crippen MR) is 132 cm³/mol. The van der Waals surface area contributed by atoms with Gasteiger partial charge in [-0.2, -0.15) is 0 Å². The number of aromatic nitrogens is 2. The van der Waals surface area contributed by atoms with Gasteiger partial charge < -0.3 is 10.0 Å². The summed E-state index contributed by atoms with van der Waals surface area (Å²) in [6, 6.07) is 8.73. The molecule has 6 aliphatic rings. The zero-order valence-corrected chi connectivity index (χ0v) is 21.1. The fraction of sp³-hybridized carbons (Fsp3) is 0.655. The number of aromatic hydroxyl groups is 1. The third-order valence-electron chi connectivity index (χ3n) is 11.2. The molecule has 5 fully saturated rings. The van der Waals surface area contributed by atoms with Crippen LogP contribution in [-0.2, 0) is 11.8 Å². The van der Waals surface area contributed by atoms with E-state index in [-0.39, 0.29) is 17.3 Å². The fourth-order valence-electron chi connectivity index (χ4n) is 10.1. The molecule has 1 aromatic heterocycles. The zero-order chi connectivity index (χ0) is 24.6. The molecule has 8 rings (SSSR count). The Morgan fingerprint density at radius 3 is 2.61 bits per heavy atom. The number of aryl methyl sites for hydroxylation is 2. The number of phenols is 1. The van der Waals surface area contributed by atoms with Gasteiger partial charge in [-0.1, -0.05) is 6.07 Å². The third kappa shape index (κ3) is 2.58. The summed E-state index contributed by atoms with van der Waals surface area (Å²) in [5, 5.41) is 10.6. The Morgan fingerprint density at radius 1 is 1.08 bits per heavy atom. The molecule has 2 aliphatic heterocycles. The van der Waals surface area contributed by atoms with Gasteiger partial charge in [-0.05, 0) is 99.1 Å². The lowest BCUT2D eigenvalue weighted by molar-refractivity contribution is -0.0947. The monoisotopic (exact) mass is 492 g/mol. The number of halogens is 2. The molecule has 5 nitrogen and oxygen atoms in total. The van der Waals surface area contributed by atoms with Crippen molar-refractivity contribution in [1.82, 2.24) is 14.9 Å². The number of rotatable bonds is 3. The van der Waals surface area contributed by atoms with Gasteiger partial charge in [0.25, 0.3) is 5.92 Å². The topological polar surface area (TPSA) is 52.5 Å². The molecule has 7 atom stereocenters. The molecular formula is C29H34F2N4O. The molecule has 2 aromatic rings. The van der Waals surface area contributed by atoms with Crippen LogP contribution in [0.4, 0.5) is 14.7 Å². The van der Waals surface area contributed by atoms with Crippen molar-refractivity contribution in [3.05, 3.63) is 46.8 Å². The molecule has 0 radical (unpaired) electrons. The maximum Gasteiger partial charge on any atom is 0.252 e. The molecule has 0 amide bonds. The average molecular weight is 493 g/mol. The molecule has 2 saturated heterocycles. The van der Waals surface area contributed by atoms with E-state index in [9.17, 15) is 13.9 Å². The highest BCUT2D eigenvalue weighted by atomic mass is 19.3. The quantitative estimate of drug-likeness (QED) is 0.677. The summed E-state index contributed by atoms with van der Waals surface area (Å²) >= 11 is 0. The fourth-order valence-corrected chi connectivity index (χ4v) is 10.1. The van der Waals surface area contributed by atoms with Crippen LogP contribution >= 0.6 is 0 Å². The number of anilines is 1. The van der Waals surface area contributed by atoms with Crippen LogP contribution in [0.1, 0.15) is 54.6 Å². The lowest BCUT2D eigenvalue weighted by Gasteiger charge is -2.66. The Bertz CT molecular complexity index is 1260. The van der Waals surface area contributed by atoms with Gasteiger partial charge in [-0.15, -0.1) is 0 Å². The summed E-state index contributed by atoms with van der Waals surface area (Å²) in [7, 11) is 0. The summed E-state index contributed by atoms with van der Waals surface area (Å²) in [6.07, 6.45) is 5.34. The Kier molecular flexibility index (Phi) is 4.10. The minimum atomic E-state index is -2.47. The maximum atomic E-state index is 14.0. The molecule has 4 aliphatic carbocycles. The number of fused-ring (bicyclic) bond motifs is 1. The second-order valence-corrected chi connectivity index (χ2v) is 12.8. The van der Waals surface area contributed by atoms with Gasteiger partial charge >= 0.3 is 0 Å². The van der Waals surface area contributed by atoms with E-state index in [0.29, 0.717) is 36.2 Å². The molecule has 7 heteroatoms. The van der Waals surface area contributed by atoms with Crippen molar-refractivity contribution in [2.24, 2.45) is 23.2 Å². The molecule has 190 valence electrons. The van der Waals surface area contributed by atoms with Crippen molar-refractivity contribution in [2.45, 2.75) is 75.8 Å². The normalized spacial score (nSPS) is 41.2. The highest BCUT2D eigenvalue weighted by Gasteiger charge is 2.76. The largest absolute Gasteiger partial charge is 0.508 e. The maximum absolute atomic E-state index is 14.0. The first-order valence-electron chi connectivity index (χ1n) is 13.8. The number of hydrogen-bond acceptors (Lipinski definition) is 5. The lowest BCUT2D eigenvalue weighted by atomic mass is 9.43. The van der Waals surface area contributed by atoms with E-state index in [4.69, 9.17) is 9.97 Å². The number of hydrogen-bond donors (Lipinski definition) is 1. The number of piperidine rings is 1. The van der Waals surface area contributed by atoms with E-state index in [2.05, 4.69) is 21.9 Å². The number of nitrogens with zero attached hydrogens (tertiary/aromatic N) is 4. The second-order valence-electron chi connectivity index (χ2n) is 12.8. The van der Waals surface area contributed by atoms with Crippen molar-refractivity contribution in [1.29, 1.82) is 0 Å². The molecule has 1 aromatic carbocycles. The Balaban J connectivity index is 1.25. The van der Waals surface area contributed by atoms with E-state index in [0.717, 1.165) is 62.5 Å². The number of alkyl halides is 2. The Morgan fingerprint density at radius 2 is 1.86 bits per heavy atom. The van der Waals surface area contributed by atoms with Crippen LogP contribution in [0.15, 0.2) is 24.3 Å². The first-order chi connectivity index (χ1) is 17.2. The first-order valence-corrected chi connectivity index (χ1v) is 13.8. The summed E-state index contributed by atoms with van der Waals surface area (Å²) in [6.45, 7) is 6.48. The number of benzene rings is 1. The van der Waals surface area contributed by atoms with Crippen LogP contribution in [0, 0.1) is 37.0 Å². The van der Waals surface area contributed by atoms with Crippen molar-refractivity contribution >= 4 is 5.95 Å². The van der Waals surface area contributed by atoms with Gasteiger partial charge in [0.05, 0.1) is 0 Å². The molecule has 4 bridgehead atoms. The van der Waals surface area contributed by atoms with Crippen molar-refractivity contribution in [2.75, 3.05) is 24.5 Å². The molecule has 0 spiro atoms. The van der Waals surface area contributed by atoms with E-state index < -0.39 is 11.8 Å². The smallest absolute Gasteiger partial charge is 0.252 e. The zero-order valence-electron chi connectivity index (χ0n) is 21.1. The van der Waals surface area contributed by atoms with Crippen molar-refractivity contribution in [3.63, 3.8) is 0 Å². The van der Waals surface area contributed by atoms with Gasteiger partial charge in [0.15, 0.2) is 0 Å². The second kappa shape index (κ2) is 6.77.